The van der Waals surface area contributed by atoms with Crippen LogP contribution >= 0.6 is 0 Å². The Hall–Kier alpha value is -0.920. The fraction of sp³-hybridized carbons (Fsp3) is 0.500. The standard InChI is InChI=1S/C12H19NO4S2/c1-9(13-2)7-10-5-6-11(18(3,14)15)8-12(10)19(4,16)17/h5-6,8-9,13H,7H2,1-4H3. The number of nitrogens with one attached hydrogen (secondary N) is 1. The summed E-state index contributed by atoms with van der Waals surface area (Å²) < 4.78 is 46.6. The van der Waals surface area contributed by atoms with Crippen LogP contribution in [0.3, 0.4) is 0 Å². The molecule has 1 N–H and O–H groups in total. The summed E-state index contributed by atoms with van der Waals surface area (Å²) in [4.78, 5) is 0.103. The molecule has 19 heavy (non-hydrogen) atoms. The maximum Gasteiger partial charge on any atom is 0.175 e. The van der Waals surface area contributed by atoms with Crippen molar-refractivity contribution in [2.75, 3.05) is 19.6 Å². The summed E-state index contributed by atoms with van der Waals surface area (Å²) in [7, 11) is -5.09. The molecule has 0 amide bonds. The third-order valence-electron chi connectivity index (χ3n) is 2.89. The molecule has 0 saturated carbocycles. The molecule has 0 aliphatic rings. The summed E-state index contributed by atoms with van der Waals surface area (Å²) in [6.07, 6.45) is 2.66. The van der Waals surface area contributed by atoms with E-state index in [4.69, 9.17) is 0 Å². The number of rotatable bonds is 5. The molecule has 0 heterocycles. The zero-order valence-electron chi connectivity index (χ0n) is 11.5. The lowest BCUT2D eigenvalue weighted by molar-refractivity contribution is 0.588. The normalized spacial score (nSPS) is 14.3. The Balaban J connectivity index is 3.42. The van der Waals surface area contributed by atoms with Gasteiger partial charge in [-0.25, -0.2) is 16.8 Å². The van der Waals surface area contributed by atoms with Crippen molar-refractivity contribution in [3.8, 4) is 0 Å². The Kier molecular flexibility index (Phi) is 4.76. The molecule has 1 rings (SSSR count). The highest BCUT2D eigenvalue weighted by Gasteiger charge is 2.18. The van der Waals surface area contributed by atoms with Crippen molar-refractivity contribution in [2.45, 2.75) is 29.2 Å². The first-order valence-corrected chi connectivity index (χ1v) is 9.54. The van der Waals surface area contributed by atoms with Crippen LogP contribution in [-0.2, 0) is 26.1 Å². The number of hydrogen-bond acceptors (Lipinski definition) is 5. The van der Waals surface area contributed by atoms with E-state index in [0.29, 0.717) is 12.0 Å². The molecule has 5 nitrogen and oxygen atoms in total. The van der Waals surface area contributed by atoms with Gasteiger partial charge in [-0.2, -0.15) is 0 Å². The fourth-order valence-electron chi connectivity index (χ4n) is 1.71. The Morgan fingerprint density at radius 1 is 1.11 bits per heavy atom. The zero-order valence-corrected chi connectivity index (χ0v) is 13.1. The highest BCUT2D eigenvalue weighted by molar-refractivity contribution is 7.91. The second-order valence-corrected chi connectivity index (χ2v) is 8.71. The smallest absolute Gasteiger partial charge is 0.175 e. The Morgan fingerprint density at radius 3 is 2.11 bits per heavy atom. The molecule has 108 valence electrons. The van der Waals surface area contributed by atoms with Crippen LogP contribution in [0, 0.1) is 0 Å². The molecule has 0 saturated heterocycles. The van der Waals surface area contributed by atoms with E-state index in [0.717, 1.165) is 12.5 Å². The predicted molar refractivity (Wildman–Crippen MR) is 74.9 cm³/mol. The first-order valence-electron chi connectivity index (χ1n) is 5.76. The van der Waals surface area contributed by atoms with Gasteiger partial charge in [0.15, 0.2) is 19.7 Å². The van der Waals surface area contributed by atoms with Crippen molar-refractivity contribution in [2.24, 2.45) is 0 Å². The molecular formula is C12H19NO4S2. The van der Waals surface area contributed by atoms with Gasteiger partial charge in [0.05, 0.1) is 9.79 Å². The predicted octanol–water partition coefficient (Wildman–Crippen LogP) is 0.644. The summed E-state index contributed by atoms with van der Waals surface area (Å²) in [5.41, 5.74) is 0.622. The second kappa shape index (κ2) is 5.60. The lowest BCUT2D eigenvalue weighted by Gasteiger charge is -2.14. The van der Waals surface area contributed by atoms with Crippen molar-refractivity contribution >= 4 is 19.7 Å². The van der Waals surface area contributed by atoms with Gasteiger partial charge in [-0.15, -0.1) is 0 Å². The summed E-state index contributed by atoms with van der Waals surface area (Å²) >= 11 is 0. The van der Waals surface area contributed by atoms with Crippen molar-refractivity contribution in [1.29, 1.82) is 0 Å². The summed E-state index contributed by atoms with van der Waals surface area (Å²) in [5.74, 6) is 0. The van der Waals surface area contributed by atoms with Gasteiger partial charge in [0, 0.05) is 18.6 Å². The van der Waals surface area contributed by atoms with Gasteiger partial charge in [-0.05, 0) is 38.1 Å². The topological polar surface area (TPSA) is 80.3 Å². The highest BCUT2D eigenvalue weighted by atomic mass is 32.2. The summed E-state index contributed by atoms with van der Waals surface area (Å²) in [5, 5.41) is 3.02. The van der Waals surface area contributed by atoms with Gasteiger partial charge in [0.25, 0.3) is 0 Å². The Labute approximate surface area is 114 Å². The summed E-state index contributed by atoms with van der Waals surface area (Å²) in [6, 6.07) is 4.36. The first kappa shape index (κ1) is 16.1. The Bertz CT molecular complexity index is 663. The van der Waals surface area contributed by atoms with Gasteiger partial charge in [0.2, 0.25) is 0 Å². The van der Waals surface area contributed by atoms with Crippen LogP contribution in [0.15, 0.2) is 28.0 Å². The molecule has 1 aromatic carbocycles. The zero-order chi connectivity index (χ0) is 14.8. The van der Waals surface area contributed by atoms with Crippen LogP contribution < -0.4 is 5.32 Å². The molecule has 7 heteroatoms. The molecule has 1 aromatic rings. The van der Waals surface area contributed by atoms with Crippen LogP contribution in [0.2, 0.25) is 0 Å². The third kappa shape index (κ3) is 4.29. The van der Waals surface area contributed by atoms with E-state index in [-0.39, 0.29) is 15.8 Å². The minimum absolute atomic E-state index is 0.0220. The highest BCUT2D eigenvalue weighted by Crippen LogP contribution is 2.22. The van der Waals surface area contributed by atoms with Gasteiger partial charge >= 0.3 is 0 Å². The SMILES string of the molecule is CNC(C)Cc1ccc(S(C)(=O)=O)cc1S(C)(=O)=O. The maximum atomic E-state index is 11.8. The van der Waals surface area contributed by atoms with Crippen LogP contribution in [0.4, 0.5) is 0 Å². The molecule has 0 aliphatic carbocycles. The minimum Gasteiger partial charge on any atom is -0.317 e. The lowest BCUT2D eigenvalue weighted by atomic mass is 10.1. The van der Waals surface area contributed by atoms with Crippen molar-refractivity contribution in [3.05, 3.63) is 23.8 Å². The average molecular weight is 305 g/mol. The van der Waals surface area contributed by atoms with E-state index >= 15 is 0 Å². The molecule has 0 radical (unpaired) electrons. The summed E-state index contributed by atoms with van der Waals surface area (Å²) in [6.45, 7) is 1.93. The third-order valence-corrected chi connectivity index (χ3v) is 5.17. The van der Waals surface area contributed by atoms with Gasteiger partial charge < -0.3 is 5.32 Å². The Morgan fingerprint density at radius 2 is 1.68 bits per heavy atom. The number of likely N-dealkylation sites (N-methyl/N-ethyl adjacent to an activating group) is 1. The molecule has 0 bridgehead atoms. The quantitative estimate of drug-likeness (QED) is 0.863. The largest absolute Gasteiger partial charge is 0.317 e. The van der Waals surface area contributed by atoms with Crippen LogP contribution in [0.25, 0.3) is 0 Å². The maximum absolute atomic E-state index is 11.8. The van der Waals surface area contributed by atoms with Crippen molar-refractivity contribution in [3.63, 3.8) is 0 Å². The van der Waals surface area contributed by atoms with Crippen LogP contribution in [0.5, 0.6) is 0 Å². The monoisotopic (exact) mass is 305 g/mol. The van der Waals surface area contributed by atoms with Gasteiger partial charge in [-0.1, -0.05) is 6.07 Å². The average Bonchev–Trinajstić information content (AvgIpc) is 2.26. The molecule has 1 unspecified atom stereocenters. The van der Waals surface area contributed by atoms with Crippen LogP contribution in [0.1, 0.15) is 12.5 Å². The second-order valence-electron chi connectivity index (χ2n) is 4.71. The molecule has 0 spiro atoms. The lowest BCUT2D eigenvalue weighted by Crippen LogP contribution is -2.24. The number of sulfone groups is 2. The number of hydrogen-bond donors (Lipinski definition) is 1. The van der Waals surface area contributed by atoms with E-state index in [1.807, 2.05) is 6.92 Å². The molecule has 0 fully saturated rings. The van der Waals surface area contributed by atoms with Crippen LogP contribution in [-0.4, -0.2) is 42.4 Å². The van der Waals surface area contributed by atoms with E-state index in [9.17, 15) is 16.8 Å². The first-order chi connectivity index (χ1) is 8.55. The van der Waals surface area contributed by atoms with E-state index in [2.05, 4.69) is 5.32 Å². The molecule has 0 aliphatic heterocycles. The number of benzene rings is 1. The van der Waals surface area contributed by atoms with E-state index in [1.165, 1.54) is 12.1 Å². The molecule has 1 atom stereocenters. The van der Waals surface area contributed by atoms with Crippen molar-refractivity contribution < 1.29 is 16.8 Å². The van der Waals surface area contributed by atoms with Gasteiger partial charge in [0.1, 0.15) is 0 Å². The van der Waals surface area contributed by atoms with Gasteiger partial charge in [-0.3, -0.25) is 0 Å². The van der Waals surface area contributed by atoms with E-state index in [1.54, 1.807) is 13.1 Å². The fourth-order valence-corrected chi connectivity index (χ4v) is 3.40. The molecular weight excluding hydrogens is 286 g/mol. The van der Waals surface area contributed by atoms with Crippen molar-refractivity contribution in [1.82, 2.24) is 5.32 Å². The minimum atomic E-state index is -3.46. The van der Waals surface area contributed by atoms with E-state index < -0.39 is 19.7 Å². The molecule has 0 aromatic heterocycles.